The maximum atomic E-state index is 13.2. The third-order valence-electron chi connectivity index (χ3n) is 5.18. The van der Waals surface area contributed by atoms with E-state index in [9.17, 15) is 34.2 Å². The summed E-state index contributed by atoms with van der Waals surface area (Å²) < 4.78 is 5.13. The number of alkyl carbamates (subject to hydrolysis) is 1. The van der Waals surface area contributed by atoms with E-state index in [1.54, 1.807) is 27.0 Å². The number of carbonyl (C=O) groups excluding carboxylic acids is 4. The molecule has 0 spiro atoms. The molecule has 13 heteroatoms. The summed E-state index contributed by atoms with van der Waals surface area (Å²) in [6.07, 6.45) is -0.258. The van der Waals surface area contributed by atoms with Gasteiger partial charge in [-0.2, -0.15) is 11.8 Å². The van der Waals surface area contributed by atoms with Crippen LogP contribution in [0.5, 0.6) is 0 Å². The van der Waals surface area contributed by atoms with E-state index in [4.69, 9.17) is 16.2 Å². The second kappa shape index (κ2) is 14.7. The first-order valence-corrected chi connectivity index (χ1v) is 13.3. The molecule has 1 aromatic rings. The molecule has 212 valence electrons. The van der Waals surface area contributed by atoms with E-state index in [0.717, 1.165) is 6.92 Å². The minimum atomic E-state index is -2.00. The number of nitrogens with zero attached hydrogens (tertiary/aromatic N) is 1. The number of ether oxygens (including phenoxy) is 1. The first kappa shape index (κ1) is 32.9. The Balaban J connectivity index is 0.000000863. The number of aliphatic hydroxyl groups is 1. The lowest BCUT2D eigenvalue weighted by Gasteiger charge is -2.33. The van der Waals surface area contributed by atoms with E-state index in [1.165, 1.54) is 29.3 Å². The average molecular weight is 555 g/mol. The number of aliphatic carboxylic acids is 1. The highest BCUT2D eigenvalue weighted by Crippen LogP contribution is 2.25. The normalized spacial score (nSPS) is 14.8. The van der Waals surface area contributed by atoms with Crippen LogP contribution in [0.15, 0.2) is 24.3 Å². The maximum Gasteiger partial charge on any atom is 0.408 e. The zero-order valence-electron chi connectivity index (χ0n) is 22.3. The second-order valence-corrected chi connectivity index (χ2v) is 10.8. The Kier molecular flexibility index (Phi) is 12.7. The van der Waals surface area contributed by atoms with Crippen molar-refractivity contribution in [2.24, 2.45) is 11.5 Å². The van der Waals surface area contributed by atoms with Gasteiger partial charge in [0.1, 0.15) is 11.6 Å². The minimum absolute atomic E-state index is 0.0280. The number of hydrogen-bond acceptors (Lipinski definition) is 9. The van der Waals surface area contributed by atoms with Gasteiger partial charge < -0.3 is 31.7 Å². The van der Waals surface area contributed by atoms with Crippen LogP contribution in [0.3, 0.4) is 0 Å². The van der Waals surface area contributed by atoms with Gasteiger partial charge in [0.2, 0.25) is 11.8 Å². The number of imide groups is 1. The fourth-order valence-electron chi connectivity index (χ4n) is 3.35. The first-order chi connectivity index (χ1) is 17.6. The fourth-order valence-corrected chi connectivity index (χ4v) is 3.82. The summed E-state index contributed by atoms with van der Waals surface area (Å²) in [5.41, 5.74) is 12.9. The van der Waals surface area contributed by atoms with Crippen LogP contribution in [-0.2, 0) is 30.3 Å². The van der Waals surface area contributed by atoms with Crippen LogP contribution in [0.2, 0.25) is 0 Å². The predicted molar refractivity (Wildman–Crippen MR) is 142 cm³/mol. The topological polar surface area (TPSA) is 202 Å². The average Bonchev–Trinajstić information content (AvgIpc) is 3.57. The zero-order chi connectivity index (χ0) is 29.2. The van der Waals surface area contributed by atoms with Crippen LogP contribution in [-0.4, -0.2) is 86.7 Å². The number of nitrogens with two attached hydrogens (primary N) is 2. The number of primary amides is 1. The monoisotopic (exact) mass is 554 g/mol. The number of carbonyl (C=O) groups is 5. The smallest absolute Gasteiger partial charge is 0.408 e. The number of amides is 4. The van der Waals surface area contributed by atoms with Crippen LogP contribution >= 0.6 is 11.8 Å². The number of fused-ring (bicyclic) bond motifs is 1. The molecule has 0 bridgehead atoms. The Hall–Kier alpha value is -3.16. The molecule has 0 radical (unpaired) electrons. The highest BCUT2D eigenvalue weighted by atomic mass is 32.2. The SMILES string of the molecule is CSCCC(NC(=O)OC(C)(C)C)C(=O)N(C(=O)C(N)CC(N)=O)C(C(=O)O)C(C)O.c1ccc2c(c1)C2. The summed E-state index contributed by atoms with van der Waals surface area (Å²) in [7, 11) is 0. The largest absolute Gasteiger partial charge is 0.480 e. The molecule has 4 atom stereocenters. The number of carboxylic acids is 1. The standard InChI is InChI=1S/C18H32N4O8S.C7H6/c1-9(23)13(16(27)28)22(14(25)10(19)8-12(20)24)15(26)11(6-7-31-5)21-17(29)30-18(2,3)4;1-2-4-7-5-6(7)3-1/h9-11,13,23H,6-8,19H2,1-5H3,(H2,20,24)(H,21,29)(H,27,28);1-4H,5H2. The van der Waals surface area contributed by atoms with Crippen molar-refractivity contribution in [2.45, 2.75) is 76.8 Å². The van der Waals surface area contributed by atoms with Gasteiger partial charge in [0.05, 0.1) is 18.6 Å². The van der Waals surface area contributed by atoms with E-state index < -0.39 is 66.0 Å². The Morgan fingerprint density at radius 2 is 1.68 bits per heavy atom. The lowest BCUT2D eigenvalue weighted by molar-refractivity contribution is -0.164. The van der Waals surface area contributed by atoms with Crippen molar-refractivity contribution in [3.8, 4) is 0 Å². The van der Waals surface area contributed by atoms with Crippen molar-refractivity contribution in [1.82, 2.24) is 10.2 Å². The van der Waals surface area contributed by atoms with Crippen LogP contribution in [0.1, 0.15) is 51.7 Å². The Morgan fingerprint density at radius 3 is 2.08 bits per heavy atom. The van der Waals surface area contributed by atoms with E-state index in [2.05, 4.69) is 29.6 Å². The third kappa shape index (κ3) is 11.1. The molecule has 0 aliphatic heterocycles. The van der Waals surface area contributed by atoms with Gasteiger partial charge in [-0.05, 0) is 63.7 Å². The molecule has 0 heterocycles. The van der Waals surface area contributed by atoms with Crippen LogP contribution in [0.4, 0.5) is 4.79 Å². The molecule has 0 saturated heterocycles. The molecular formula is C25H38N4O8S. The Bertz CT molecular complexity index is 990. The number of benzene rings is 1. The molecule has 0 saturated carbocycles. The van der Waals surface area contributed by atoms with E-state index in [0.29, 0.717) is 5.75 Å². The van der Waals surface area contributed by atoms with E-state index >= 15 is 0 Å². The molecule has 0 aromatic heterocycles. The molecular weight excluding hydrogens is 516 g/mol. The first-order valence-electron chi connectivity index (χ1n) is 12.0. The minimum Gasteiger partial charge on any atom is -0.480 e. The number of hydrogen-bond donors (Lipinski definition) is 5. The maximum absolute atomic E-state index is 13.2. The van der Waals surface area contributed by atoms with Crippen LogP contribution in [0.25, 0.3) is 0 Å². The number of rotatable bonds is 11. The van der Waals surface area contributed by atoms with Gasteiger partial charge in [-0.15, -0.1) is 0 Å². The van der Waals surface area contributed by atoms with Gasteiger partial charge in [0.25, 0.3) is 5.91 Å². The summed E-state index contributed by atoms with van der Waals surface area (Å²) in [6, 6.07) is 3.55. The predicted octanol–water partition coefficient (Wildman–Crippen LogP) is 0.616. The Labute approximate surface area is 226 Å². The summed E-state index contributed by atoms with van der Waals surface area (Å²) >= 11 is 1.34. The van der Waals surface area contributed by atoms with Gasteiger partial charge in [-0.1, -0.05) is 24.3 Å². The summed E-state index contributed by atoms with van der Waals surface area (Å²) in [5.74, 6) is -4.59. The summed E-state index contributed by atoms with van der Waals surface area (Å²) in [6.45, 7) is 5.90. The lowest BCUT2D eigenvalue weighted by atomic mass is 10.0. The molecule has 38 heavy (non-hydrogen) atoms. The highest BCUT2D eigenvalue weighted by Gasteiger charge is 2.43. The number of carboxylic acid groups (broad SMARTS) is 1. The van der Waals surface area contributed by atoms with E-state index in [-0.39, 0.29) is 11.3 Å². The molecule has 12 nitrogen and oxygen atoms in total. The number of nitrogens with one attached hydrogen (secondary N) is 1. The molecule has 1 aromatic carbocycles. The van der Waals surface area contributed by atoms with Crippen molar-refractivity contribution >= 4 is 41.5 Å². The molecule has 1 aliphatic rings. The van der Waals surface area contributed by atoms with Gasteiger partial charge in [0, 0.05) is 0 Å². The molecule has 4 unspecified atom stereocenters. The van der Waals surface area contributed by atoms with Gasteiger partial charge in [-0.3, -0.25) is 19.3 Å². The highest BCUT2D eigenvalue weighted by molar-refractivity contribution is 7.98. The molecule has 4 amide bonds. The summed E-state index contributed by atoms with van der Waals surface area (Å²) in [4.78, 5) is 61.4. The lowest BCUT2D eigenvalue weighted by Crippen LogP contribution is -2.62. The third-order valence-corrected chi connectivity index (χ3v) is 5.82. The number of thioether (sulfide) groups is 1. The Morgan fingerprint density at radius 1 is 1.13 bits per heavy atom. The van der Waals surface area contributed by atoms with E-state index in [1.807, 2.05) is 0 Å². The van der Waals surface area contributed by atoms with Crippen molar-refractivity contribution in [1.29, 1.82) is 0 Å². The molecule has 7 N–H and O–H groups in total. The van der Waals surface area contributed by atoms with Crippen molar-refractivity contribution in [2.75, 3.05) is 12.0 Å². The van der Waals surface area contributed by atoms with Gasteiger partial charge in [0.15, 0.2) is 6.04 Å². The fraction of sp³-hybridized carbons (Fsp3) is 0.560. The van der Waals surface area contributed by atoms with Crippen LogP contribution < -0.4 is 16.8 Å². The van der Waals surface area contributed by atoms with Crippen molar-refractivity contribution in [3.63, 3.8) is 0 Å². The molecule has 0 fully saturated rings. The van der Waals surface area contributed by atoms with Gasteiger partial charge in [-0.25, -0.2) is 9.59 Å². The van der Waals surface area contributed by atoms with Crippen molar-refractivity contribution in [3.05, 3.63) is 35.4 Å². The quantitative estimate of drug-likeness (QED) is 0.262. The molecule has 2 rings (SSSR count). The zero-order valence-corrected chi connectivity index (χ0v) is 23.1. The number of aliphatic hydroxyl groups excluding tert-OH is 1. The van der Waals surface area contributed by atoms with Crippen molar-refractivity contribution < 1.29 is 38.9 Å². The van der Waals surface area contributed by atoms with Crippen LogP contribution in [0, 0.1) is 0 Å². The summed E-state index contributed by atoms with van der Waals surface area (Å²) in [5, 5.41) is 21.8. The second-order valence-electron chi connectivity index (χ2n) is 9.77. The molecule has 1 aliphatic carbocycles. The van der Waals surface area contributed by atoms with Gasteiger partial charge >= 0.3 is 12.1 Å².